The van der Waals surface area contributed by atoms with Crippen LogP contribution in [-0.2, 0) is 19.6 Å². The van der Waals surface area contributed by atoms with E-state index < -0.39 is 28.0 Å². The van der Waals surface area contributed by atoms with Gasteiger partial charge in [-0.15, -0.1) is 0 Å². The van der Waals surface area contributed by atoms with Gasteiger partial charge in [-0.2, -0.15) is 4.31 Å². The van der Waals surface area contributed by atoms with Gasteiger partial charge in [-0.05, 0) is 19.1 Å². The number of nitrogens with zero attached hydrogens (tertiary/aromatic N) is 2. The molecule has 2 atom stereocenters. The third kappa shape index (κ3) is 3.44. The molecule has 24 heavy (non-hydrogen) atoms. The van der Waals surface area contributed by atoms with Crippen molar-refractivity contribution in [1.29, 1.82) is 0 Å². The number of carbonyl (C=O) groups excluding carboxylic acids is 2. The average Bonchev–Trinajstić information content (AvgIpc) is 2.54. The standard InChI is InChI=1S/C16H23N3O4S/c1-11(2)16(21)19-12(3)9-18(10-14(19)15(17)20)24(22,23)13-7-5-4-6-8-13/h4-8,11-12,14H,9-10H2,1-3H3,(H2,17,20). The van der Waals surface area contributed by atoms with Crippen molar-refractivity contribution in [1.82, 2.24) is 9.21 Å². The number of piperazine rings is 1. The van der Waals surface area contributed by atoms with Crippen LogP contribution in [0, 0.1) is 5.92 Å². The van der Waals surface area contributed by atoms with Crippen molar-refractivity contribution in [3.05, 3.63) is 30.3 Å². The molecule has 1 heterocycles. The van der Waals surface area contributed by atoms with Gasteiger partial charge in [0.15, 0.2) is 0 Å². The summed E-state index contributed by atoms with van der Waals surface area (Å²) in [6.07, 6.45) is 0. The van der Waals surface area contributed by atoms with Crippen molar-refractivity contribution in [3.8, 4) is 0 Å². The summed E-state index contributed by atoms with van der Waals surface area (Å²) in [4.78, 5) is 25.8. The van der Waals surface area contributed by atoms with Crippen LogP contribution in [0.1, 0.15) is 20.8 Å². The fraction of sp³-hybridized carbons (Fsp3) is 0.500. The Kier molecular flexibility index (Phi) is 5.29. The molecule has 2 amide bonds. The van der Waals surface area contributed by atoms with Crippen LogP contribution in [-0.4, -0.2) is 54.6 Å². The third-order valence-corrected chi connectivity index (χ3v) is 5.96. The van der Waals surface area contributed by atoms with Gasteiger partial charge in [-0.1, -0.05) is 32.0 Å². The van der Waals surface area contributed by atoms with E-state index >= 15 is 0 Å². The number of benzene rings is 1. The van der Waals surface area contributed by atoms with E-state index in [0.29, 0.717) is 0 Å². The fourth-order valence-electron chi connectivity index (χ4n) is 2.88. The summed E-state index contributed by atoms with van der Waals surface area (Å²) in [5, 5.41) is 0. The first-order chi connectivity index (χ1) is 11.2. The molecule has 8 heteroatoms. The highest BCUT2D eigenvalue weighted by atomic mass is 32.2. The molecule has 1 aliphatic heterocycles. The van der Waals surface area contributed by atoms with Crippen molar-refractivity contribution in [3.63, 3.8) is 0 Å². The highest BCUT2D eigenvalue weighted by Crippen LogP contribution is 2.24. The molecular formula is C16H23N3O4S. The lowest BCUT2D eigenvalue weighted by molar-refractivity contribution is -0.147. The third-order valence-electron chi connectivity index (χ3n) is 4.11. The lowest BCUT2D eigenvalue weighted by Gasteiger charge is -2.44. The molecule has 7 nitrogen and oxygen atoms in total. The minimum atomic E-state index is -3.74. The number of amides is 2. The Hall–Kier alpha value is -1.93. The Labute approximate surface area is 142 Å². The molecule has 2 rings (SSSR count). The van der Waals surface area contributed by atoms with Crippen molar-refractivity contribution >= 4 is 21.8 Å². The number of hydrogen-bond acceptors (Lipinski definition) is 4. The zero-order valence-corrected chi connectivity index (χ0v) is 14.9. The number of nitrogens with two attached hydrogens (primary N) is 1. The van der Waals surface area contributed by atoms with E-state index in [9.17, 15) is 18.0 Å². The van der Waals surface area contributed by atoms with Crippen molar-refractivity contribution < 1.29 is 18.0 Å². The van der Waals surface area contributed by atoms with Gasteiger partial charge in [0.1, 0.15) is 6.04 Å². The van der Waals surface area contributed by atoms with Gasteiger partial charge in [0.05, 0.1) is 4.90 Å². The molecule has 2 N–H and O–H groups in total. The molecule has 0 radical (unpaired) electrons. The Morgan fingerprint density at radius 1 is 1.17 bits per heavy atom. The lowest BCUT2D eigenvalue weighted by Crippen LogP contribution is -2.64. The summed E-state index contributed by atoms with van der Waals surface area (Å²) in [5.41, 5.74) is 5.45. The molecule has 1 saturated heterocycles. The zero-order chi connectivity index (χ0) is 18.1. The molecule has 1 aromatic rings. The van der Waals surface area contributed by atoms with Gasteiger partial charge in [-0.25, -0.2) is 8.42 Å². The van der Waals surface area contributed by atoms with Crippen LogP contribution in [0.4, 0.5) is 0 Å². The number of carbonyl (C=O) groups is 2. The topological polar surface area (TPSA) is 101 Å². The SMILES string of the molecule is CC(C)C(=O)N1C(C)CN(S(=O)(=O)c2ccccc2)CC1C(N)=O. The monoisotopic (exact) mass is 353 g/mol. The van der Waals surface area contributed by atoms with Crippen LogP contribution in [0.25, 0.3) is 0 Å². The van der Waals surface area contributed by atoms with Crippen LogP contribution in [0.2, 0.25) is 0 Å². The van der Waals surface area contributed by atoms with E-state index in [4.69, 9.17) is 5.73 Å². The Morgan fingerprint density at radius 3 is 2.25 bits per heavy atom. The second-order valence-corrected chi connectivity index (χ2v) is 8.24. The van der Waals surface area contributed by atoms with Crippen molar-refractivity contribution in [2.24, 2.45) is 11.7 Å². The van der Waals surface area contributed by atoms with E-state index in [0.717, 1.165) is 0 Å². The smallest absolute Gasteiger partial charge is 0.243 e. The molecule has 0 aliphatic carbocycles. The first-order valence-electron chi connectivity index (χ1n) is 7.83. The molecule has 0 bridgehead atoms. The van der Waals surface area contributed by atoms with Gasteiger partial charge in [0.2, 0.25) is 21.8 Å². The second kappa shape index (κ2) is 6.90. The summed E-state index contributed by atoms with van der Waals surface area (Å²) in [7, 11) is -3.74. The summed E-state index contributed by atoms with van der Waals surface area (Å²) in [6, 6.07) is 6.61. The van der Waals surface area contributed by atoms with E-state index in [1.807, 2.05) is 0 Å². The molecule has 2 unspecified atom stereocenters. The van der Waals surface area contributed by atoms with E-state index in [-0.39, 0.29) is 29.8 Å². The molecule has 0 aromatic heterocycles. The normalized spacial score (nSPS) is 22.6. The predicted octanol–water partition coefficient (Wildman–Crippen LogP) is 0.418. The highest BCUT2D eigenvalue weighted by molar-refractivity contribution is 7.89. The summed E-state index contributed by atoms with van der Waals surface area (Å²) >= 11 is 0. The van der Waals surface area contributed by atoms with Crippen LogP contribution in [0.15, 0.2) is 35.2 Å². The zero-order valence-electron chi connectivity index (χ0n) is 14.0. The first-order valence-corrected chi connectivity index (χ1v) is 9.27. The first kappa shape index (κ1) is 18.4. The van der Waals surface area contributed by atoms with Gasteiger partial charge >= 0.3 is 0 Å². The number of hydrogen-bond donors (Lipinski definition) is 1. The van der Waals surface area contributed by atoms with E-state index in [2.05, 4.69) is 0 Å². The number of primary amides is 1. The average molecular weight is 353 g/mol. The Balaban J connectivity index is 2.35. The quantitative estimate of drug-likeness (QED) is 0.847. The highest BCUT2D eigenvalue weighted by Gasteiger charge is 2.42. The van der Waals surface area contributed by atoms with Gasteiger partial charge in [0.25, 0.3) is 0 Å². The van der Waals surface area contributed by atoms with Gasteiger partial charge < -0.3 is 10.6 Å². The Bertz CT molecular complexity index is 718. The van der Waals surface area contributed by atoms with Crippen molar-refractivity contribution in [2.75, 3.05) is 13.1 Å². The van der Waals surface area contributed by atoms with Crippen LogP contribution >= 0.6 is 0 Å². The van der Waals surface area contributed by atoms with Crippen LogP contribution in [0.5, 0.6) is 0 Å². The predicted molar refractivity (Wildman–Crippen MR) is 89.3 cm³/mol. The van der Waals surface area contributed by atoms with Gasteiger partial charge in [0, 0.05) is 25.0 Å². The number of sulfonamides is 1. The molecular weight excluding hydrogens is 330 g/mol. The van der Waals surface area contributed by atoms with Crippen LogP contribution < -0.4 is 5.73 Å². The maximum atomic E-state index is 12.8. The minimum absolute atomic E-state index is 0.124. The molecule has 1 aromatic carbocycles. The second-order valence-electron chi connectivity index (χ2n) is 6.30. The Morgan fingerprint density at radius 2 is 1.75 bits per heavy atom. The molecule has 1 aliphatic rings. The maximum Gasteiger partial charge on any atom is 0.243 e. The van der Waals surface area contributed by atoms with Crippen LogP contribution in [0.3, 0.4) is 0 Å². The number of rotatable bonds is 4. The summed E-state index contributed by atoms with van der Waals surface area (Å²) in [6.45, 7) is 5.19. The summed E-state index contributed by atoms with van der Waals surface area (Å²) < 4.78 is 26.8. The maximum absolute atomic E-state index is 12.8. The largest absolute Gasteiger partial charge is 0.368 e. The lowest BCUT2D eigenvalue weighted by atomic mass is 10.0. The summed E-state index contributed by atoms with van der Waals surface area (Å²) in [5.74, 6) is -1.21. The minimum Gasteiger partial charge on any atom is -0.368 e. The molecule has 0 spiro atoms. The van der Waals surface area contributed by atoms with Crippen molar-refractivity contribution in [2.45, 2.75) is 37.8 Å². The molecule has 0 saturated carbocycles. The van der Waals surface area contributed by atoms with Gasteiger partial charge in [-0.3, -0.25) is 9.59 Å². The van der Waals surface area contributed by atoms with E-state index in [1.54, 1.807) is 39.0 Å². The fourth-order valence-corrected chi connectivity index (χ4v) is 4.43. The molecule has 1 fully saturated rings. The van der Waals surface area contributed by atoms with E-state index in [1.165, 1.54) is 21.3 Å². The molecule has 132 valence electrons.